The summed E-state index contributed by atoms with van der Waals surface area (Å²) in [5.74, 6) is -3.62. The molecule has 2 amide bonds. The van der Waals surface area contributed by atoms with Crippen LogP contribution >= 0.6 is 11.6 Å². The van der Waals surface area contributed by atoms with Crippen LogP contribution in [0.1, 0.15) is 30.0 Å². The number of fused-ring (bicyclic) bond motifs is 1. The largest absolute Gasteiger partial charge is 0.480 e. The highest BCUT2D eigenvalue weighted by Gasteiger charge is 2.44. The highest BCUT2D eigenvalue weighted by molar-refractivity contribution is 6.31. The molecule has 2 heterocycles. The number of likely N-dealkylation sites (tertiary alicyclic amines) is 1. The molecule has 2 N–H and O–H groups in total. The number of alkyl halides is 3. The van der Waals surface area contributed by atoms with Crippen molar-refractivity contribution in [3.8, 4) is 0 Å². The predicted molar refractivity (Wildman–Crippen MR) is 132 cm³/mol. The van der Waals surface area contributed by atoms with Gasteiger partial charge in [-0.3, -0.25) is 9.69 Å². The fraction of sp³-hybridized carbons (Fsp3) is 0.346. The number of nitrogens with zero attached hydrogens (tertiary/aromatic N) is 2. The zero-order chi connectivity index (χ0) is 28.6. The van der Waals surface area contributed by atoms with Crippen molar-refractivity contribution in [2.45, 2.75) is 50.8 Å². The third kappa shape index (κ3) is 5.95. The minimum atomic E-state index is -4.97. The minimum absolute atomic E-state index is 0.175. The van der Waals surface area contributed by atoms with Crippen molar-refractivity contribution in [1.82, 2.24) is 9.80 Å². The fourth-order valence-electron chi connectivity index (χ4n) is 4.65. The molecule has 2 aliphatic rings. The van der Waals surface area contributed by atoms with E-state index in [4.69, 9.17) is 16.3 Å². The summed E-state index contributed by atoms with van der Waals surface area (Å²) in [6.07, 6.45) is -6.81. The number of hydrogen-bond acceptors (Lipinski definition) is 5. The van der Waals surface area contributed by atoms with Gasteiger partial charge in [0.2, 0.25) is 5.91 Å². The van der Waals surface area contributed by atoms with E-state index in [9.17, 15) is 37.1 Å². The Hall–Kier alpha value is -3.80. The zero-order valence-electron chi connectivity index (χ0n) is 20.6. The average molecular weight is 570 g/mol. The molecule has 8 nitrogen and oxygen atoms in total. The lowest BCUT2D eigenvalue weighted by atomic mass is 10.1. The van der Waals surface area contributed by atoms with Gasteiger partial charge in [0, 0.05) is 23.7 Å². The van der Waals surface area contributed by atoms with Crippen molar-refractivity contribution < 1.29 is 41.8 Å². The number of rotatable bonds is 6. The Bertz CT molecular complexity index is 1340. The van der Waals surface area contributed by atoms with Gasteiger partial charge in [-0.25, -0.2) is 14.0 Å². The molecule has 13 heteroatoms. The quantitative estimate of drug-likeness (QED) is 0.373. The number of carbonyl (C=O) groups is 3. The van der Waals surface area contributed by atoms with Crippen LogP contribution < -0.4 is 5.32 Å². The molecule has 4 rings (SSSR count). The molecule has 0 aromatic heterocycles. The standard InChI is InChI=1S/C26H24ClF4N3O5/c1-13(2)22(32-15-6-7-20(28)18(8-15)26(29,30)31)23(35)34-11-16(9-21(34)24(36)37)39-25(38)33-10-14-4-3-5-19(27)17(14)12-33/h3-8,16,21-22,32H,1,9-12H2,2H3,(H,36,37)/t16-,21+,22+/m1/s1. The van der Waals surface area contributed by atoms with E-state index in [0.717, 1.165) is 22.1 Å². The number of amides is 2. The van der Waals surface area contributed by atoms with Gasteiger partial charge in [0.15, 0.2) is 0 Å². The van der Waals surface area contributed by atoms with Crippen LogP contribution in [0, 0.1) is 5.82 Å². The lowest BCUT2D eigenvalue weighted by Crippen LogP contribution is -2.48. The number of anilines is 1. The lowest BCUT2D eigenvalue weighted by molar-refractivity contribution is -0.148. The van der Waals surface area contributed by atoms with Crippen LogP contribution in [-0.4, -0.2) is 57.6 Å². The summed E-state index contributed by atoms with van der Waals surface area (Å²) >= 11 is 6.19. The second kappa shape index (κ2) is 10.8. The minimum Gasteiger partial charge on any atom is -0.480 e. The normalized spacial score (nSPS) is 19.4. The summed E-state index contributed by atoms with van der Waals surface area (Å²) < 4.78 is 58.7. The molecular formula is C26H24ClF4N3O5. The van der Waals surface area contributed by atoms with Crippen LogP contribution in [-0.2, 0) is 33.6 Å². The van der Waals surface area contributed by atoms with E-state index in [1.165, 1.54) is 11.8 Å². The molecule has 0 radical (unpaired) electrons. The van der Waals surface area contributed by atoms with Crippen LogP contribution in [0.4, 0.5) is 28.0 Å². The van der Waals surface area contributed by atoms with Crippen LogP contribution in [0.5, 0.6) is 0 Å². The molecule has 208 valence electrons. The number of carboxylic acids is 1. The smallest absolute Gasteiger partial charge is 0.419 e. The Balaban J connectivity index is 1.48. The van der Waals surface area contributed by atoms with Crippen LogP contribution in [0.15, 0.2) is 48.6 Å². The van der Waals surface area contributed by atoms with Gasteiger partial charge in [-0.1, -0.05) is 30.3 Å². The van der Waals surface area contributed by atoms with E-state index in [0.29, 0.717) is 17.2 Å². The van der Waals surface area contributed by atoms with Crippen LogP contribution in [0.3, 0.4) is 0 Å². The van der Waals surface area contributed by atoms with E-state index >= 15 is 0 Å². The maximum absolute atomic E-state index is 13.7. The van der Waals surface area contributed by atoms with E-state index < -0.39 is 53.7 Å². The second-order valence-electron chi connectivity index (χ2n) is 9.44. The number of aliphatic carboxylic acids is 1. The Kier molecular flexibility index (Phi) is 7.78. The SMILES string of the molecule is C=C(C)[C@H](Nc1ccc(F)c(C(F)(F)F)c1)C(=O)N1C[C@H](OC(=O)N2Cc3cccc(Cl)c3C2)C[C@H]1C(=O)O. The topological polar surface area (TPSA) is 99.2 Å². The van der Waals surface area contributed by atoms with Crippen molar-refractivity contribution >= 4 is 35.3 Å². The molecule has 0 bridgehead atoms. The Morgan fingerprint density at radius 3 is 2.54 bits per heavy atom. The first-order valence-electron chi connectivity index (χ1n) is 11.8. The maximum Gasteiger partial charge on any atom is 0.419 e. The number of ether oxygens (including phenoxy) is 1. The van der Waals surface area contributed by atoms with Gasteiger partial charge in [0.25, 0.3) is 0 Å². The Morgan fingerprint density at radius 1 is 1.21 bits per heavy atom. The van der Waals surface area contributed by atoms with Crippen molar-refractivity contribution in [3.63, 3.8) is 0 Å². The molecule has 1 saturated heterocycles. The first kappa shape index (κ1) is 28.2. The molecule has 0 spiro atoms. The van der Waals surface area contributed by atoms with Gasteiger partial charge in [0.1, 0.15) is 24.0 Å². The number of carbonyl (C=O) groups excluding carboxylic acids is 2. The highest BCUT2D eigenvalue weighted by atomic mass is 35.5. The first-order chi connectivity index (χ1) is 18.3. The summed E-state index contributed by atoms with van der Waals surface area (Å²) in [6, 6.07) is 4.75. The Labute approximate surface area is 225 Å². The van der Waals surface area contributed by atoms with Gasteiger partial charge in [-0.2, -0.15) is 13.2 Å². The number of benzene rings is 2. The van der Waals surface area contributed by atoms with Gasteiger partial charge in [0.05, 0.1) is 18.7 Å². The van der Waals surface area contributed by atoms with Crippen LogP contribution in [0.25, 0.3) is 0 Å². The van der Waals surface area contributed by atoms with Gasteiger partial charge in [-0.15, -0.1) is 0 Å². The van der Waals surface area contributed by atoms with E-state index in [1.54, 1.807) is 12.1 Å². The van der Waals surface area contributed by atoms with Gasteiger partial charge >= 0.3 is 18.2 Å². The lowest BCUT2D eigenvalue weighted by Gasteiger charge is -2.28. The molecule has 39 heavy (non-hydrogen) atoms. The average Bonchev–Trinajstić information content (AvgIpc) is 3.48. The molecule has 3 atom stereocenters. The molecule has 2 aromatic rings. The maximum atomic E-state index is 13.7. The fourth-order valence-corrected chi connectivity index (χ4v) is 4.90. The predicted octanol–water partition coefficient (Wildman–Crippen LogP) is 5.06. The summed E-state index contributed by atoms with van der Waals surface area (Å²) in [6.45, 7) is 5.34. The summed E-state index contributed by atoms with van der Waals surface area (Å²) in [5.41, 5.74) is 0.0754. The monoisotopic (exact) mass is 569 g/mol. The van der Waals surface area contributed by atoms with E-state index in [1.807, 2.05) is 6.07 Å². The van der Waals surface area contributed by atoms with Gasteiger partial charge < -0.3 is 20.1 Å². The molecule has 2 aliphatic heterocycles. The number of halogens is 5. The van der Waals surface area contributed by atoms with Crippen molar-refractivity contribution in [1.29, 1.82) is 0 Å². The van der Waals surface area contributed by atoms with E-state index in [-0.39, 0.29) is 37.3 Å². The third-order valence-electron chi connectivity index (χ3n) is 6.61. The van der Waals surface area contributed by atoms with Gasteiger partial charge in [-0.05, 0) is 47.9 Å². The van der Waals surface area contributed by atoms with E-state index in [2.05, 4.69) is 11.9 Å². The summed E-state index contributed by atoms with van der Waals surface area (Å²) in [4.78, 5) is 40.6. The Morgan fingerprint density at radius 2 is 1.92 bits per heavy atom. The molecule has 0 saturated carbocycles. The summed E-state index contributed by atoms with van der Waals surface area (Å²) in [7, 11) is 0. The van der Waals surface area contributed by atoms with Crippen molar-refractivity contribution in [2.24, 2.45) is 0 Å². The van der Waals surface area contributed by atoms with Crippen LogP contribution in [0.2, 0.25) is 5.02 Å². The van der Waals surface area contributed by atoms with Crippen molar-refractivity contribution in [2.75, 3.05) is 11.9 Å². The number of hydrogen-bond donors (Lipinski definition) is 2. The molecular weight excluding hydrogens is 546 g/mol. The first-order valence-corrected chi connectivity index (χ1v) is 12.2. The zero-order valence-corrected chi connectivity index (χ0v) is 21.4. The molecule has 2 aromatic carbocycles. The third-order valence-corrected chi connectivity index (χ3v) is 6.96. The van der Waals surface area contributed by atoms with Crippen molar-refractivity contribution in [3.05, 3.63) is 76.1 Å². The highest BCUT2D eigenvalue weighted by Crippen LogP contribution is 2.34. The molecule has 0 aliphatic carbocycles. The summed E-state index contributed by atoms with van der Waals surface area (Å²) in [5, 5.41) is 12.8. The second-order valence-corrected chi connectivity index (χ2v) is 9.84. The number of nitrogens with one attached hydrogen (secondary N) is 1. The molecule has 1 fully saturated rings. The number of carboxylic acid groups (broad SMARTS) is 1. The molecule has 0 unspecified atom stereocenters.